The summed E-state index contributed by atoms with van der Waals surface area (Å²) in [4.78, 5) is 4.19. The van der Waals surface area contributed by atoms with Crippen LogP contribution in [0.2, 0.25) is 0 Å². The van der Waals surface area contributed by atoms with Gasteiger partial charge in [-0.2, -0.15) is 0 Å². The molecule has 0 radical (unpaired) electrons. The maximum atomic E-state index is 6.34. The molecule has 88 valence electrons. The summed E-state index contributed by atoms with van der Waals surface area (Å²) >= 11 is 3.45. The number of hydrogen-bond donors (Lipinski definition) is 1. The minimum Gasteiger partial charge on any atom is -0.324 e. The molecule has 3 heteroatoms. The molecule has 1 saturated carbocycles. The van der Waals surface area contributed by atoms with Crippen molar-refractivity contribution in [3.05, 3.63) is 28.5 Å². The van der Waals surface area contributed by atoms with Crippen molar-refractivity contribution in [3.63, 3.8) is 0 Å². The van der Waals surface area contributed by atoms with Gasteiger partial charge >= 0.3 is 0 Å². The Kier molecular flexibility index (Phi) is 3.98. The lowest BCUT2D eigenvalue weighted by Gasteiger charge is -2.31. The minimum absolute atomic E-state index is 0.146. The van der Waals surface area contributed by atoms with Crippen LogP contribution in [0.4, 0.5) is 0 Å². The second-order valence-corrected chi connectivity index (χ2v) is 5.91. The zero-order chi connectivity index (χ0) is 11.5. The summed E-state index contributed by atoms with van der Waals surface area (Å²) in [5.41, 5.74) is 7.50. The van der Waals surface area contributed by atoms with Crippen molar-refractivity contribution in [2.45, 2.75) is 38.6 Å². The molecule has 16 heavy (non-hydrogen) atoms. The van der Waals surface area contributed by atoms with Crippen molar-refractivity contribution in [1.82, 2.24) is 4.98 Å². The maximum Gasteiger partial charge on any atom is 0.0410 e. The van der Waals surface area contributed by atoms with Crippen molar-refractivity contribution >= 4 is 15.9 Å². The van der Waals surface area contributed by atoms with Gasteiger partial charge in [0.25, 0.3) is 0 Å². The van der Waals surface area contributed by atoms with E-state index in [2.05, 4.69) is 33.9 Å². The van der Waals surface area contributed by atoms with Gasteiger partial charge in [-0.05, 0) is 52.2 Å². The number of rotatable bonds is 2. The number of nitrogens with zero attached hydrogens (tertiary/aromatic N) is 1. The monoisotopic (exact) mass is 282 g/mol. The SMILES string of the molecule is CC1CCCC(C(N)c2cncc(Br)c2)C1. The predicted octanol–water partition coefficient (Wildman–Crippen LogP) is 3.67. The molecule has 0 bridgehead atoms. The van der Waals surface area contributed by atoms with Gasteiger partial charge < -0.3 is 5.73 Å². The van der Waals surface area contributed by atoms with Crippen molar-refractivity contribution in [2.24, 2.45) is 17.6 Å². The highest BCUT2D eigenvalue weighted by molar-refractivity contribution is 9.10. The quantitative estimate of drug-likeness (QED) is 0.899. The molecule has 0 amide bonds. The topological polar surface area (TPSA) is 38.9 Å². The summed E-state index contributed by atoms with van der Waals surface area (Å²) in [6.07, 6.45) is 8.90. The molecule has 1 aliphatic carbocycles. The van der Waals surface area contributed by atoms with E-state index in [-0.39, 0.29) is 6.04 Å². The third-order valence-electron chi connectivity index (χ3n) is 3.60. The number of aromatic nitrogens is 1. The number of halogens is 1. The highest BCUT2D eigenvalue weighted by atomic mass is 79.9. The summed E-state index contributed by atoms with van der Waals surface area (Å²) in [6, 6.07) is 2.24. The van der Waals surface area contributed by atoms with E-state index in [1.807, 2.05) is 6.20 Å². The lowest BCUT2D eigenvalue weighted by Crippen LogP contribution is -2.26. The Morgan fingerprint density at radius 1 is 1.44 bits per heavy atom. The molecule has 1 heterocycles. The van der Waals surface area contributed by atoms with Crippen LogP contribution in [0.3, 0.4) is 0 Å². The first kappa shape index (κ1) is 12.1. The normalized spacial score (nSPS) is 27.7. The first-order valence-electron chi connectivity index (χ1n) is 6.03. The molecule has 0 aromatic carbocycles. The summed E-state index contributed by atoms with van der Waals surface area (Å²) < 4.78 is 1.02. The Labute approximate surface area is 106 Å². The van der Waals surface area contributed by atoms with Gasteiger partial charge in [-0.25, -0.2) is 0 Å². The molecule has 1 fully saturated rings. The van der Waals surface area contributed by atoms with Crippen LogP contribution < -0.4 is 5.73 Å². The fraction of sp³-hybridized carbons (Fsp3) is 0.615. The molecule has 0 saturated heterocycles. The van der Waals surface area contributed by atoms with Crippen LogP contribution in [0.1, 0.15) is 44.2 Å². The Morgan fingerprint density at radius 2 is 2.25 bits per heavy atom. The smallest absolute Gasteiger partial charge is 0.0410 e. The first-order valence-corrected chi connectivity index (χ1v) is 6.82. The Hall–Kier alpha value is -0.410. The Balaban J connectivity index is 2.09. The maximum absolute atomic E-state index is 6.34. The van der Waals surface area contributed by atoms with Crippen LogP contribution in [-0.4, -0.2) is 4.98 Å². The van der Waals surface area contributed by atoms with Crippen molar-refractivity contribution < 1.29 is 0 Å². The van der Waals surface area contributed by atoms with Crippen molar-refractivity contribution in [1.29, 1.82) is 0 Å². The molecule has 1 aromatic heterocycles. The molecule has 0 aliphatic heterocycles. The minimum atomic E-state index is 0.146. The fourth-order valence-electron chi connectivity index (χ4n) is 2.69. The first-order chi connectivity index (χ1) is 7.66. The van der Waals surface area contributed by atoms with Crippen molar-refractivity contribution in [2.75, 3.05) is 0 Å². The summed E-state index contributed by atoms with van der Waals surface area (Å²) in [6.45, 7) is 2.33. The van der Waals surface area contributed by atoms with Crippen LogP contribution in [0.5, 0.6) is 0 Å². The average molecular weight is 283 g/mol. The number of nitrogens with two attached hydrogens (primary N) is 1. The van der Waals surface area contributed by atoms with Gasteiger partial charge in [-0.1, -0.05) is 19.8 Å². The van der Waals surface area contributed by atoms with Gasteiger partial charge in [0.1, 0.15) is 0 Å². The standard InChI is InChI=1S/C13H19BrN2/c1-9-3-2-4-10(5-9)13(15)11-6-12(14)8-16-7-11/h6-10,13H,2-5,15H2,1H3. The number of pyridine rings is 1. The summed E-state index contributed by atoms with van der Waals surface area (Å²) in [5.74, 6) is 1.45. The van der Waals surface area contributed by atoms with Gasteiger partial charge in [-0.3, -0.25) is 4.98 Å². The lowest BCUT2D eigenvalue weighted by atomic mass is 9.77. The van der Waals surface area contributed by atoms with E-state index >= 15 is 0 Å². The summed E-state index contributed by atoms with van der Waals surface area (Å²) in [7, 11) is 0. The van der Waals surface area contributed by atoms with Crippen LogP contribution in [0.25, 0.3) is 0 Å². The third kappa shape index (κ3) is 2.83. The van der Waals surface area contributed by atoms with E-state index in [1.165, 1.54) is 25.7 Å². The van der Waals surface area contributed by atoms with Crippen molar-refractivity contribution in [3.8, 4) is 0 Å². The molecular weight excluding hydrogens is 264 g/mol. The molecule has 2 N–H and O–H groups in total. The molecule has 2 rings (SSSR count). The lowest BCUT2D eigenvalue weighted by molar-refractivity contribution is 0.248. The Bertz CT molecular complexity index is 354. The van der Waals surface area contributed by atoms with Gasteiger partial charge in [0.2, 0.25) is 0 Å². The largest absolute Gasteiger partial charge is 0.324 e. The van der Waals surface area contributed by atoms with E-state index in [9.17, 15) is 0 Å². The van der Waals surface area contributed by atoms with E-state index in [4.69, 9.17) is 5.73 Å². The zero-order valence-corrected chi connectivity index (χ0v) is 11.3. The van der Waals surface area contributed by atoms with Gasteiger partial charge in [0.05, 0.1) is 0 Å². The fourth-order valence-corrected chi connectivity index (χ4v) is 3.07. The zero-order valence-electron chi connectivity index (χ0n) is 9.70. The highest BCUT2D eigenvalue weighted by Crippen LogP contribution is 2.35. The molecule has 3 unspecified atom stereocenters. The summed E-state index contributed by atoms with van der Waals surface area (Å²) in [5, 5.41) is 0. The molecule has 2 nitrogen and oxygen atoms in total. The van der Waals surface area contributed by atoms with Gasteiger partial charge in [0, 0.05) is 22.9 Å². The second kappa shape index (κ2) is 5.28. The van der Waals surface area contributed by atoms with Crippen LogP contribution in [0.15, 0.2) is 22.9 Å². The molecule has 3 atom stereocenters. The predicted molar refractivity (Wildman–Crippen MR) is 70.0 cm³/mol. The number of hydrogen-bond acceptors (Lipinski definition) is 2. The van der Waals surface area contributed by atoms with Gasteiger partial charge in [0.15, 0.2) is 0 Å². The van der Waals surface area contributed by atoms with Crippen LogP contribution >= 0.6 is 15.9 Å². The van der Waals surface area contributed by atoms with Crippen LogP contribution in [-0.2, 0) is 0 Å². The molecular formula is C13H19BrN2. The molecule has 1 aliphatic rings. The Morgan fingerprint density at radius 3 is 2.94 bits per heavy atom. The van der Waals surface area contributed by atoms with Crippen LogP contribution in [0, 0.1) is 11.8 Å². The van der Waals surface area contributed by atoms with E-state index in [0.717, 1.165) is 16.0 Å². The molecule has 1 aromatic rings. The van der Waals surface area contributed by atoms with E-state index in [1.54, 1.807) is 6.20 Å². The average Bonchev–Trinajstić information content (AvgIpc) is 2.28. The highest BCUT2D eigenvalue weighted by Gasteiger charge is 2.25. The third-order valence-corrected chi connectivity index (χ3v) is 4.03. The second-order valence-electron chi connectivity index (χ2n) is 4.99. The van der Waals surface area contributed by atoms with Gasteiger partial charge in [-0.15, -0.1) is 0 Å². The van der Waals surface area contributed by atoms with E-state index < -0.39 is 0 Å². The van der Waals surface area contributed by atoms with E-state index in [0.29, 0.717) is 5.92 Å². The molecule has 0 spiro atoms.